The van der Waals surface area contributed by atoms with Crippen LogP contribution in [0.4, 0.5) is 9.18 Å². The quantitative estimate of drug-likeness (QED) is 0.243. The summed E-state index contributed by atoms with van der Waals surface area (Å²) in [6, 6.07) is 5.07. The van der Waals surface area contributed by atoms with Gasteiger partial charge in [0.25, 0.3) is 0 Å². The van der Waals surface area contributed by atoms with Gasteiger partial charge in [0, 0.05) is 13.1 Å². The molecule has 0 aliphatic carbocycles. The summed E-state index contributed by atoms with van der Waals surface area (Å²) in [6.07, 6.45) is -0.464. The Kier molecular flexibility index (Phi) is 11.3. The molecule has 1 aromatic carbocycles. The number of nitrogens with zero attached hydrogens (tertiary/aromatic N) is 1. The highest BCUT2D eigenvalue weighted by Gasteiger charge is 2.15. The van der Waals surface area contributed by atoms with Crippen LogP contribution in [0, 0.1) is 12.7 Å². The average molecular weight is 494 g/mol. The van der Waals surface area contributed by atoms with Crippen molar-refractivity contribution in [2.45, 2.75) is 53.2 Å². The molecule has 1 aromatic rings. The van der Waals surface area contributed by atoms with E-state index in [9.17, 15) is 9.18 Å². The second kappa shape index (κ2) is 12.0. The van der Waals surface area contributed by atoms with Gasteiger partial charge in [-0.05, 0) is 58.7 Å². The topological polar surface area (TPSA) is 74.8 Å². The van der Waals surface area contributed by atoms with E-state index in [0.717, 1.165) is 5.56 Å². The number of carbonyl (C=O) groups excluding carboxylic acids is 1. The number of ether oxygens (including phenoxy) is 1. The van der Waals surface area contributed by atoms with Crippen LogP contribution < -0.4 is 16.0 Å². The number of hydrogen-bond acceptors (Lipinski definition) is 3. The Morgan fingerprint density at radius 1 is 1.30 bits per heavy atom. The van der Waals surface area contributed by atoms with E-state index in [1.807, 2.05) is 40.7 Å². The van der Waals surface area contributed by atoms with Crippen LogP contribution in [0.2, 0.25) is 0 Å². The van der Waals surface area contributed by atoms with E-state index < -0.39 is 11.7 Å². The molecular weight excluding hydrogens is 462 g/mol. The van der Waals surface area contributed by atoms with Crippen molar-refractivity contribution in [2.24, 2.45) is 4.99 Å². The van der Waals surface area contributed by atoms with Crippen molar-refractivity contribution in [3.8, 4) is 0 Å². The van der Waals surface area contributed by atoms with E-state index in [1.54, 1.807) is 13.0 Å². The monoisotopic (exact) mass is 494 g/mol. The second-order valence-corrected chi connectivity index (χ2v) is 7.06. The summed E-state index contributed by atoms with van der Waals surface area (Å²) in [4.78, 5) is 16.0. The van der Waals surface area contributed by atoms with Crippen LogP contribution in [-0.4, -0.2) is 37.3 Å². The molecule has 0 aliphatic rings. The molecule has 0 spiro atoms. The van der Waals surface area contributed by atoms with Crippen molar-refractivity contribution in [2.75, 3.05) is 19.6 Å². The number of nitrogens with one attached hydrogen (secondary N) is 3. The minimum absolute atomic E-state index is 0. The SMILES string of the molecule is CCNC(=NCCNC(=O)OC(C)(C)C)NC(C)c1ccc(C)c(F)c1.I. The molecule has 154 valence electrons. The minimum Gasteiger partial charge on any atom is -0.444 e. The van der Waals surface area contributed by atoms with Gasteiger partial charge in [-0.15, -0.1) is 24.0 Å². The fourth-order valence-electron chi connectivity index (χ4n) is 2.13. The van der Waals surface area contributed by atoms with Crippen LogP contribution >= 0.6 is 24.0 Å². The summed E-state index contributed by atoms with van der Waals surface area (Å²) in [5.41, 5.74) is 0.933. The predicted octanol–water partition coefficient (Wildman–Crippen LogP) is 3.89. The number of amides is 1. The van der Waals surface area contributed by atoms with Crippen molar-refractivity contribution in [3.63, 3.8) is 0 Å². The van der Waals surface area contributed by atoms with E-state index in [4.69, 9.17) is 4.74 Å². The minimum atomic E-state index is -0.525. The molecule has 0 fully saturated rings. The molecule has 1 atom stereocenters. The zero-order valence-corrected chi connectivity index (χ0v) is 19.3. The second-order valence-electron chi connectivity index (χ2n) is 7.06. The van der Waals surface area contributed by atoms with Crippen molar-refractivity contribution >= 4 is 36.0 Å². The highest BCUT2D eigenvalue weighted by atomic mass is 127. The number of aliphatic imine (C=N–C) groups is 1. The van der Waals surface area contributed by atoms with Gasteiger partial charge in [-0.3, -0.25) is 4.99 Å². The van der Waals surface area contributed by atoms with E-state index in [0.29, 0.717) is 31.2 Å². The van der Waals surface area contributed by atoms with Gasteiger partial charge >= 0.3 is 6.09 Å². The maximum Gasteiger partial charge on any atom is 0.407 e. The zero-order valence-electron chi connectivity index (χ0n) is 17.0. The predicted molar refractivity (Wildman–Crippen MR) is 118 cm³/mol. The zero-order chi connectivity index (χ0) is 19.7. The molecule has 0 aromatic heterocycles. The Hall–Kier alpha value is -1.58. The fourth-order valence-corrected chi connectivity index (χ4v) is 2.13. The molecule has 8 heteroatoms. The van der Waals surface area contributed by atoms with Crippen molar-refractivity contribution in [1.82, 2.24) is 16.0 Å². The molecular formula is C19H32FIN4O2. The highest BCUT2D eigenvalue weighted by molar-refractivity contribution is 14.0. The third kappa shape index (κ3) is 10.4. The van der Waals surface area contributed by atoms with E-state index in [-0.39, 0.29) is 35.8 Å². The van der Waals surface area contributed by atoms with Gasteiger partial charge in [-0.2, -0.15) is 0 Å². The average Bonchev–Trinajstić information content (AvgIpc) is 2.52. The molecule has 1 amide bonds. The molecule has 0 saturated carbocycles. The number of carbonyl (C=O) groups is 1. The van der Waals surface area contributed by atoms with Crippen LogP contribution in [0.3, 0.4) is 0 Å². The lowest BCUT2D eigenvalue weighted by Crippen LogP contribution is -2.39. The summed E-state index contributed by atoms with van der Waals surface area (Å²) < 4.78 is 18.9. The first kappa shape index (κ1) is 25.4. The Balaban J connectivity index is 0.00000676. The summed E-state index contributed by atoms with van der Waals surface area (Å²) in [5.74, 6) is 0.381. The van der Waals surface area contributed by atoms with Crippen molar-refractivity contribution < 1.29 is 13.9 Å². The summed E-state index contributed by atoms with van der Waals surface area (Å²) >= 11 is 0. The standard InChI is InChI=1S/C19H31FN4O2.HI/c1-7-21-17(22-10-11-23-18(25)26-19(4,5)6)24-14(3)15-9-8-13(2)16(20)12-15;/h8-9,12,14H,7,10-11H2,1-6H3,(H,23,25)(H2,21,22,24);1H. The molecule has 6 nitrogen and oxygen atoms in total. The Morgan fingerprint density at radius 2 is 1.96 bits per heavy atom. The smallest absolute Gasteiger partial charge is 0.407 e. The Morgan fingerprint density at radius 3 is 2.52 bits per heavy atom. The number of alkyl carbamates (subject to hydrolysis) is 1. The maximum absolute atomic E-state index is 13.7. The molecule has 1 rings (SSSR count). The lowest BCUT2D eigenvalue weighted by atomic mass is 10.1. The fraction of sp³-hybridized carbons (Fsp3) is 0.579. The molecule has 0 aliphatic heterocycles. The molecule has 27 heavy (non-hydrogen) atoms. The van der Waals surface area contributed by atoms with Gasteiger partial charge in [-0.1, -0.05) is 12.1 Å². The number of halogens is 2. The summed E-state index contributed by atoms with van der Waals surface area (Å²) in [5, 5.41) is 9.03. The van der Waals surface area contributed by atoms with Crippen molar-refractivity contribution in [3.05, 3.63) is 35.1 Å². The van der Waals surface area contributed by atoms with Gasteiger partial charge in [0.05, 0.1) is 12.6 Å². The van der Waals surface area contributed by atoms with Crippen LogP contribution in [-0.2, 0) is 4.74 Å². The van der Waals surface area contributed by atoms with E-state index in [1.165, 1.54) is 6.07 Å². The van der Waals surface area contributed by atoms with Crippen LogP contribution in [0.25, 0.3) is 0 Å². The lowest BCUT2D eigenvalue weighted by Gasteiger charge is -2.20. The van der Waals surface area contributed by atoms with Gasteiger partial charge in [0.15, 0.2) is 5.96 Å². The maximum atomic E-state index is 13.7. The summed E-state index contributed by atoms with van der Waals surface area (Å²) in [7, 11) is 0. The highest BCUT2D eigenvalue weighted by Crippen LogP contribution is 2.16. The third-order valence-corrected chi connectivity index (χ3v) is 3.44. The van der Waals surface area contributed by atoms with E-state index in [2.05, 4.69) is 20.9 Å². The number of guanidine groups is 1. The van der Waals surface area contributed by atoms with Crippen molar-refractivity contribution in [1.29, 1.82) is 0 Å². The van der Waals surface area contributed by atoms with Crippen LogP contribution in [0.15, 0.2) is 23.2 Å². The van der Waals surface area contributed by atoms with Gasteiger partial charge < -0.3 is 20.7 Å². The molecule has 0 heterocycles. The number of rotatable bonds is 6. The molecule has 1 unspecified atom stereocenters. The largest absolute Gasteiger partial charge is 0.444 e. The first-order valence-corrected chi connectivity index (χ1v) is 8.90. The van der Waals surface area contributed by atoms with E-state index >= 15 is 0 Å². The van der Waals surface area contributed by atoms with Gasteiger partial charge in [0.1, 0.15) is 11.4 Å². The van der Waals surface area contributed by atoms with Crippen LogP contribution in [0.5, 0.6) is 0 Å². The lowest BCUT2D eigenvalue weighted by molar-refractivity contribution is 0.0529. The number of benzene rings is 1. The van der Waals surface area contributed by atoms with Gasteiger partial charge in [0.2, 0.25) is 0 Å². The van der Waals surface area contributed by atoms with Crippen LogP contribution in [0.1, 0.15) is 51.8 Å². The first-order chi connectivity index (χ1) is 12.1. The van der Waals surface area contributed by atoms with Gasteiger partial charge in [-0.25, -0.2) is 9.18 Å². The molecule has 0 saturated heterocycles. The summed E-state index contributed by atoms with van der Waals surface area (Å²) in [6.45, 7) is 12.5. The Labute approximate surface area is 178 Å². The normalized spacial score (nSPS) is 12.6. The Bertz CT molecular complexity index is 633. The third-order valence-electron chi connectivity index (χ3n) is 3.44. The number of aryl methyl sites for hydroxylation is 1. The molecule has 3 N–H and O–H groups in total. The molecule has 0 radical (unpaired) electrons. The number of hydrogen-bond donors (Lipinski definition) is 3. The first-order valence-electron chi connectivity index (χ1n) is 8.90. The molecule has 0 bridgehead atoms.